The Morgan fingerprint density at radius 1 is 1.28 bits per heavy atom. The summed E-state index contributed by atoms with van der Waals surface area (Å²) < 4.78 is 13.9. The lowest BCUT2D eigenvalue weighted by molar-refractivity contribution is 0.280. The van der Waals surface area contributed by atoms with Crippen molar-refractivity contribution < 1.29 is 4.39 Å². The molecular formula is C15H21BrFN. The van der Waals surface area contributed by atoms with Crippen LogP contribution in [-0.2, 0) is 0 Å². The van der Waals surface area contributed by atoms with Gasteiger partial charge in [0, 0.05) is 11.7 Å². The Morgan fingerprint density at radius 2 is 2.00 bits per heavy atom. The second-order valence-electron chi connectivity index (χ2n) is 5.73. The van der Waals surface area contributed by atoms with E-state index < -0.39 is 0 Å². The van der Waals surface area contributed by atoms with Crippen molar-refractivity contribution in [3.63, 3.8) is 0 Å². The SMILES string of the molecule is Cc1cc(F)c(Br)cc1NC1CC(C)CCC1C. The van der Waals surface area contributed by atoms with Crippen LogP contribution in [0.5, 0.6) is 0 Å². The summed E-state index contributed by atoms with van der Waals surface area (Å²) in [7, 11) is 0. The summed E-state index contributed by atoms with van der Waals surface area (Å²) in [5.41, 5.74) is 2.02. The smallest absolute Gasteiger partial charge is 0.137 e. The number of hydrogen-bond acceptors (Lipinski definition) is 1. The van der Waals surface area contributed by atoms with Crippen LogP contribution in [0, 0.1) is 24.6 Å². The molecule has 1 aliphatic rings. The molecule has 2 rings (SSSR count). The van der Waals surface area contributed by atoms with Gasteiger partial charge >= 0.3 is 0 Å². The Bertz CT molecular complexity index is 433. The molecule has 3 unspecified atom stereocenters. The highest BCUT2D eigenvalue weighted by Gasteiger charge is 2.25. The van der Waals surface area contributed by atoms with E-state index >= 15 is 0 Å². The summed E-state index contributed by atoms with van der Waals surface area (Å²) in [5, 5.41) is 3.60. The molecule has 1 aromatic carbocycles. The third kappa shape index (κ3) is 3.05. The molecule has 0 aliphatic heterocycles. The minimum absolute atomic E-state index is 0.192. The van der Waals surface area contributed by atoms with Crippen LogP contribution in [0.15, 0.2) is 16.6 Å². The molecule has 100 valence electrons. The van der Waals surface area contributed by atoms with Crippen LogP contribution in [0.25, 0.3) is 0 Å². The highest BCUT2D eigenvalue weighted by Crippen LogP contribution is 2.32. The third-order valence-electron chi connectivity index (χ3n) is 4.07. The first kappa shape index (κ1) is 13.9. The summed E-state index contributed by atoms with van der Waals surface area (Å²) in [6.07, 6.45) is 3.81. The van der Waals surface area contributed by atoms with Gasteiger partial charge in [-0.3, -0.25) is 0 Å². The van der Waals surface area contributed by atoms with E-state index in [2.05, 4.69) is 35.1 Å². The molecule has 1 saturated carbocycles. The maximum Gasteiger partial charge on any atom is 0.137 e. The van der Waals surface area contributed by atoms with Crippen LogP contribution in [-0.4, -0.2) is 6.04 Å². The van der Waals surface area contributed by atoms with Gasteiger partial charge in [0.15, 0.2) is 0 Å². The van der Waals surface area contributed by atoms with Crippen molar-refractivity contribution >= 4 is 21.6 Å². The molecule has 1 aliphatic carbocycles. The number of nitrogens with one attached hydrogen (secondary N) is 1. The van der Waals surface area contributed by atoms with Crippen molar-refractivity contribution in [1.82, 2.24) is 0 Å². The molecular weight excluding hydrogens is 293 g/mol. The predicted octanol–water partition coefficient (Wildman–Crippen LogP) is 5.13. The highest BCUT2D eigenvalue weighted by molar-refractivity contribution is 9.10. The van der Waals surface area contributed by atoms with E-state index in [0.29, 0.717) is 16.4 Å². The van der Waals surface area contributed by atoms with Gasteiger partial charge in [0.1, 0.15) is 5.82 Å². The third-order valence-corrected chi connectivity index (χ3v) is 4.67. The van der Waals surface area contributed by atoms with Gasteiger partial charge < -0.3 is 5.32 Å². The fraction of sp³-hybridized carbons (Fsp3) is 0.600. The van der Waals surface area contributed by atoms with Gasteiger partial charge in [-0.15, -0.1) is 0 Å². The zero-order valence-electron chi connectivity index (χ0n) is 11.3. The number of rotatable bonds is 2. The summed E-state index contributed by atoms with van der Waals surface area (Å²) in [6, 6.07) is 3.95. The summed E-state index contributed by atoms with van der Waals surface area (Å²) in [4.78, 5) is 0. The molecule has 1 aromatic rings. The first-order valence-electron chi connectivity index (χ1n) is 6.69. The number of hydrogen-bond donors (Lipinski definition) is 1. The lowest BCUT2D eigenvalue weighted by atomic mass is 9.80. The summed E-state index contributed by atoms with van der Waals surface area (Å²) in [6.45, 7) is 6.57. The standard InChI is InChI=1S/C15H21BrFN/c1-9-4-5-10(2)14(6-9)18-15-8-12(16)13(17)7-11(15)3/h7-10,14,18H,4-6H2,1-3H3. The maximum atomic E-state index is 13.4. The molecule has 0 aromatic heterocycles. The second-order valence-corrected chi connectivity index (χ2v) is 6.58. The first-order valence-corrected chi connectivity index (χ1v) is 7.49. The van der Waals surface area contributed by atoms with Gasteiger partial charge in [-0.1, -0.05) is 20.3 Å². The van der Waals surface area contributed by atoms with Crippen molar-refractivity contribution in [2.24, 2.45) is 11.8 Å². The molecule has 0 radical (unpaired) electrons. The van der Waals surface area contributed by atoms with Crippen LogP contribution >= 0.6 is 15.9 Å². The molecule has 18 heavy (non-hydrogen) atoms. The van der Waals surface area contributed by atoms with Crippen LogP contribution in [0.1, 0.15) is 38.7 Å². The monoisotopic (exact) mass is 313 g/mol. The zero-order valence-corrected chi connectivity index (χ0v) is 12.8. The predicted molar refractivity (Wildman–Crippen MR) is 78.4 cm³/mol. The Labute approximate surface area is 117 Å². The fourth-order valence-corrected chi connectivity index (χ4v) is 3.08. The average Bonchev–Trinajstić information content (AvgIpc) is 2.30. The van der Waals surface area contributed by atoms with Gasteiger partial charge in [0.2, 0.25) is 0 Å². The van der Waals surface area contributed by atoms with Crippen molar-refractivity contribution in [3.8, 4) is 0 Å². The summed E-state index contributed by atoms with van der Waals surface area (Å²) >= 11 is 3.26. The average molecular weight is 314 g/mol. The normalized spacial score (nSPS) is 28.2. The van der Waals surface area contributed by atoms with E-state index in [1.165, 1.54) is 19.3 Å². The van der Waals surface area contributed by atoms with Gasteiger partial charge in [0.05, 0.1) is 4.47 Å². The molecule has 3 heteroatoms. The quantitative estimate of drug-likeness (QED) is 0.797. The van der Waals surface area contributed by atoms with Crippen LogP contribution in [0.2, 0.25) is 0 Å². The lowest BCUT2D eigenvalue weighted by Crippen LogP contribution is -2.33. The van der Waals surface area contributed by atoms with Gasteiger partial charge in [-0.2, -0.15) is 0 Å². The van der Waals surface area contributed by atoms with Crippen molar-refractivity contribution in [2.45, 2.75) is 46.1 Å². The van der Waals surface area contributed by atoms with Crippen LogP contribution in [0.4, 0.5) is 10.1 Å². The Morgan fingerprint density at radius 3 is 2.72 bits per heavy atom. The molecule has 1 N–H and O–H groups in total. The van der Waals surface area contributed by atoms with Gasteiger partial charge in [0.25, 0.3) is 0 Å². The number of benzene rings is 1. The second kappa shape index (κ2) is 5.60. The Kier molecular flexibility index (Phi) is 4.31. The van der Waals surface area contributed by atoms with E-state index in [0.717, 1.165) is 17.2 Å². The first-order chi connectivity index (χ1) is 8.47. The minimum Gasteiger partial charge on any atom is -0.382 e. The van der Waals surface area contributed by atoms with Crippen molar-refractivity contribution in [2.75, 3.05) is 5.32 Å². The molecule has 0 bridgehead atoms. The Balaban J connectivity index is 2.15. The molecule has 0 amide bonds. The number of aryl methyl sites for hydroxylation is 1. The van der Waals surface area contributed by atoms with Gasteiger partial charge in [-0.25, -0.2) is 4.39 Å². The minimum atomic E-state index is -0.192. The largest absolute Gasteiger partial charge is 0.382 e. The molecule has 3 atom stereocenters. The lowest BCUT2D eigenvalue weighted by Gasteiger charge is -2.34. The van der Waals surface area contributed by atoms with Crippen LogP contribution < -0.4 is 5.32 Å². The van der Waals surface area contributed by atoms with E-state index in [1.807, 2.05) is 13.0 Å². The maximum absolute atomic E-state index is 13.4. The van der Waals surface area contributed by atoms with E-state index in [9.17, 15) is 4.39 Å². The molecule has 0 heterocycles. The molecule has 1 nitrogen and oxygen atoms in total. The molecule has 0 saturated heterocycles. The fourth-order valence-electron chi connectivity index (χ4n) is 2.73. The topological polar surface area (TPSA) is 12.0 Å². The highest BCUT2D eigenvalue weighted by atomic mass is 79.9. The summed E-state index contributed by atoms with van der Waals surface area (Å²) in [5.74, 6) is 1.27. The van der Waals surface area contributed by atoms with E-state index in [4.69, 9.17) is 0 Å². The number of halogens is 2. The van der Waals surface area contributed by atoms with Crippen LogP contribution in [0.3, 0.4) is 0 Å². The van der Waals surface area contributed by atoms with E-state index in [-0.39, 0.29) is 5.82 Å². The number of anilines is 1. The molecule has 1 fully saturated rings. The Hall–Kier alpha value is -0.570. The van der Waals surface area contributed by atoms with E-state index in [1.54, 1.807) is 6.07 Å². The molecule has 0 spiro atoms. The van der Waals surface area contributed by atoms with Crippen molar-refractivity contribution in [3.05, 3.63) is 28.0 Å². The van der Waals surface area contributed by atoms with Gasteiger partial charge in [-0.05, 0) is 65.2 Å². The zero-order chi connectivity index (χ0) is 13.3. The van der Waals surface area contributed by atoms with Crippen molar-refractivity contribution in [1.29, 1.82) is 0 Å².